The third kappa shape index (κ3) is 7.08. The Bertz CT molecular complexity index is 370. The molecule has 19 heavy (non-hydrogen) atoms. The van der Waals surface area contributed by atoms with E-state index in [1.165, 1.54) is 4.90 Å². The van der Waals surface area contributed by atoms with Crippen LogP contribution in [0, 0.1) is 0 Å². The average Bonchev–Trinajstić information content (AvgIpc) is 2.44. The summed E-state index contributed by atoms with van der Waals surface area (Å²) >= 11 is 1.85. The Labute approximate surface area is 120 Å². The maximum atomic E-state index is 4.99. The fourth-order valence-corrected chi connectivity index (χ4v) is 2.45. The second-order valence-corrected chi connectivity index (χ2v) is 5.63. The zero-order valence-electron chi connectivity index (χ0n) is 11.8. The van der Waals surface area contributed by atoms with Crippen LogP contribution in [0.3, 0.4) is 0 Å². The number of nitrogens with one attached hydrogen (secondary N) is 2. The second kappa shape index (κ2) is 9.69. The highest BCUT2D eigenvalue weighted by Crippen LogP contribution is 2.21. The van der Waals surface area contributed by atoms with Crippen LogP contribution >= 0.6 is 11.8 Å². The molecule has 0 heterocycles. The third-order valence-corrected chi connectivity index (χ3v) is 3.57. The van der Waals surface area contributed by atoms with Crippen LogP contribution in [-0.2, 0) is 4.74 Å². The molecule has 1 rings (SSSR count). The van der Waals surface area contributed by atoms with Gasteiger partial charge in [0, 0.05) is 37.4 Å². The largest absolute Gasteiger partial charge is 0.383 e. The number of hydrogen-bond acceptors (Lipinski definition) is 3. The SMILES string of the molecule is CN=C(NCCOC)NCC(C)Sc1ccccc1. The molecule has 0 saturated carbocycles. The number of methoxy groups -OCH3 is 1. The summed E-state index contributed by atoms with van der Waals surface area (Å²) in [6.45, 7) is 4.50. The van der Waals surface area contributed by atoms with Crippen molar-refractivity contribution in [3.63, 3.8) is 0 Å². The predicted molar refractivity (Wildman–Crippen MR) is 83.0 cm³/mol. The molecule has 0 bridgehead atoms. The van der Waals surface area contributed by atoms with Gasteiger partial charge in [-0.15, -0.1) is 11.8 Å². The molecule has 1 atom stereocenters. The normalized spacial score (nSPS) is 13.1. The van der Waals surface area contributed by atoms with Crippen LogP contribution in [0.2, 0.25) is 0 Å². The van der Waals surface area contributed by atoms with Crippen molar-refractivity contribution < 1.29 is 4.74 Å². The van der Waals surface area contributed by atoms with E-state index >= 15 is 0 Å². The Morgan fingerprint density at radius 2 is 2.05 bits per heavy atom. The number of ether oxygens (including phenoxy) is 1. The summed E-state index contributed by atoms with van der Waals surface area (Å²) in [7, 11) is 3.47. The number of rotatable bonds is 7. The minimum atomic E-state index is 0.475. The highest BCUT2D eigenvalue weighted by Gasteiger charge is 2.05. The topological polar surface area (TPSA) is 45.7 Å². The van der Waals surface area contributed by atoms with Gasteiger partial charge in [0.2, 0.25) is 0 Å². The lowest BCUT2D eigenvalue weighted by molar-refractivity contribution is 0.203. The lowest BCUT2D eigenvalue weighted by Crippen LogP contribution is -2.41. The van der Waals surface area contributed by atoms with Gasteiger partial charge in [0.05, 0.1) is 6.61 Å². The Morgan fingerprint density at radius 1 is 1.32 bits per heavy atom. The van der Waals surface area contributed by atoms with Crippen LogP contribution in [0.4, 0.5) is 0 Å². The predicted octanol–water partition coefficient (Wildman–Crippen LogP) is 1.98. The second-order valence-electron chi connectivity index (χ2n) is 4.11. The molecule has 0 aliphatic rings. The first-order valence-corrected chi connectivity index (χ1v) is 7.29. The van der Waals surface area contributed by atoms with Gasteiger partial charge in [-0.1, -0.05) is 25.1 Å². The highest BCUT2D eigenvalue weighted by molar-refractivity contribution is 8.00. The fourth-order valence-electron chi connectivity index (χ4n) is 1.51. The van der Waals surface area contributed by atoms with E-state index in [1.54, 1.807) is 14.2 Å². The molecule has 1 unspecified atom stereocenters. The maximum absolute atomic E-state index is 4.99. The molecule has 0 aromatic heterocycles. The van der Waals surface area contributed by atoms with Crippen LogP contribution in [0.15, 0.2) is 40.2 Å². The molecule has 5 heteroatoms. The molecular formula is C14H23N3OS. The molecule has 2 N–H and O–H groups in total. The van der Waals surface area contributed by atoms with Crippen LogP contribution in [-0.4, -0.2) is 45.1 Å². The van der Waals surface area contributed by atoms with Crippen LogP contribution in [0.5, 0.6) is 0 Å². The first kappa shape index (κ1) is 15.9. The standard InChI is InChI=1S/C14H23N3OS/c1-12(19-13-7-5-4-6-8-13)11-17-14(15-2)16-9-10-18-3/h4-8,12H,9-11H2,1-3H3,(H2,15,16,17). The van der Waals surface area contributed by atoms with Gasteiger partial charge in [-0.05, 0) is 12.1 Å². The van der Waals surface area contributed by atoms with Crippen LogP contribution in [0.1, 0.15) is 6.92 Å². The van der Waals surface area contributed by atoms with Crippen molar-refractivity contribution in [3.05, 3.63) is 30.3 Å². The van der Waals surface area contributed by atoms with Crippen molar-refractivity contribution in [2.24, 2.45) is 4.99 Å². The molecule has 106 valence electrons. The molecule has 0 radical (unpaired) electrons. The van der Waals surface area contributed by atoms with E-state index in [1.807, 2.05) is 17.8 Å². The molecule has 4 nitrogen and oxygen atoms in total. The smallest absolute Gasteiger partial charge is 0.191 e. The van der Waals surface area contributed by atoms with Gasteiger partial charge in [0.15, 0.2) is 5.96 Å². The zero-order chi connectivity index (χ0) is 13.9. The van der Waals surface area contributed by atoms with Crippen molar-refractivity contribution in [1.29, 1.82) is 0 Å². The minimum absolute atomic E-state index is 0.475. The van der Waals surface area contributed by atoms with Crippen molar-refractivity contribution >= 4 is 17.7 Å². The Hall–Kier alpha value is -1.20. The molecule has 0 fully saturated rings. The van der Waals surface area contributed by atoms with Gasteiger partial charge in [0.1, 0.15) is 0 Å². The molecule has 0 aliphatic carbocycles. The number of aliphatic imine (C=N–C) groups is 1. The Kier molecular flexibility index (Phi) is 8.09. The quantitative estimate of drug-likeness (QED) is 0.347. The van der Waals surface area contributed by atoms with E-state index < -0.39 is 0 Å². The first-order valence-electron chi connectivity index (χ1n) is 6.41. The van der Waals surface area contributed by atoms with E-state index in [4.69, 9.17) is 4.74 Å². The van der Waals surface area contributed by atoms with Crippen LogP contribution < -0.4 is 10.6 Å². The molecule has 1 aromatic carbocycles. The third-order valence-electron chi connectivity index (χ3n) is 2.46. The lowest BCUT2D eigenvalue weighted by atomic mass is 10.4. The van der Waals surface area contributed by atoms with Crippen molar-refractivity contribution in [2.45, 2.75) is 17.1 Å². The number of nitrogens with zero attached hydrogens (tertiary/aromatic N) is 1. The minimum Gasteiger partial charge on any atom is -0.383 e. The van der Waals surface area contributed by atoms with Gasteiger partial charge < -0.3 is 15.4 Å². The fraction of sp³-hybridized carbons (Fsp3) is 0.500. The summed E-state index contributed by atoms with van der Waals surface area (Å²) in [5, 5.41) is 6.98. The zero-order valence-corrected chi connectivity index (χ0v) is 12.7. The monoisotopic (exact) mass is 281 g/mol. The molecule has 0 amide bonds. The molecule has 0 aliphatic heterocycles. The van der Waals surface area contributed by atoms with E-state index in [0.717, 1.165) is 19.0 Å². The lowest BCUT2D eigenvalue weighted by Gasteiger charge is -2.15. The Morgan fingerprint density at radius 3 is 2.68 bits per heavy atom. The first-order chi connectivity index (χ1) is 9.26. The number of hydrogen-bond donors (Lipinski definition) is 2. The Balaban J connectivity index is 2.26. The highest BCUT2D eigenvalue weighted by atomic mass is 32.2. The van der Waals surface area contributed by atoms with Crippen molar-refractivity contribution in [3.8, 4) is 0 Å². The van der Waals surface area contributed by atoms with Gasteiger partial charge in [-0.2, -0.15) is 0 Å². The van der Waals surface area contributed by atoms with Gasteiger partial charge in [-0.25, -0.2) is 0 Å². The van der Waals surface area contributed by atoms with E-state index in [9.17, 15) is 0 Å². The maximum Gasteiger partial charge on any atom is 0.191 e. The van der Waals surface area contributed by atoms with Crippen molar-refractivity contribution in [1.82, 2.24) is 10.6 Å². The van der Waals surface area contributed by atoms with Gasteiger partial charge in [-0.3, -0.25) is 4.99 Å². The van der Waals surface area contributed by atoms with Gasteiger partial charge in [0.25, 0.3) is 0 Å². The number of benzene rings is 1. The summed E-state index contributed by atoms with van der Waals surface area (Å²) in [5.74, 6) is 0.817. The summed E-state index contributed by atoms with van der Waals surface area (Å²) < 4.78 is 4.99. The van der Waals surface area contributed by atoms with E-state index in [2.05, 4.69) is 46.8 Å². The summed E-state index contributed by atoms with van der Waals surface area (Å²) in [6.07, 6.45) is 0. The molecule has 0 saturated heterocycles. The van der Waals surface area contributed by atoms with E-state index in [0.29, 0.717) is 11.9 Å². The van der Waals surface area contributed by atoms with E-state index in [-0.39, 0.29) is 0 Å². The van der Waals surface area contributed by atoms with Crippen molar-refractivity contribution in [2.75, 3.05) is 33.9 Å². The summed E-state index contributed by atoms with van der Waals surface area (Å²) in [5.41, 5.74) is 0. The number of guanidine groups is 1. The number of thioether (sulfide) groups is 1. The summed E-state index contributed by atoms with van der Waals surface area (Å²) in [6, 6.07) is 10.4. The van der Waals surface area contributed by atoms with Crippen LogP contribution in [0.25, 0.3) is 0 Å². The molecule has 0 spiro atoms. The molecule has 1 aromatic rings. The molecular weight excluding hydrogens is 258 g/mol. The average molecular weight is 281 g/mol. The summed E-state index contributed by atoms with van der Waals surface area (Å²) in [4.78, 5) is 5.46. The van der Waals surface area contributed by atoms with Gasteiger partial charge >= 0.3 is 0 Å².